The van der Waals surface area contributed by atoms with E-state index in [2.05, 4.69) is 10.3 Å². The highest BCUT2D eigenvalue weighted by atomic mass is 19.1. The Hall–Kier alpha value is -1.94. The van der Waals surface area contributed by atoms with E-state index in [9.17, 15) is 13.9 Å². The first kappa shape index (κ1) is 18.4. The number of benzene rings is 1. The fourth-order valence-electron chi connectivity index (χ4n) is 2.33. The van der Waals surface area contributed by atoms with Gasteiger partial charge in [0.2, 0.25) is 0 Å². The van der Waals surface area contributed by atoms with Crippen molar-refractivity contribution in [1.82, 2.24) is 19.9 Å². The average Bonchev–Trinajstić information content (AvgIpc) is 2.94. The number of hydrogen-bond donors (Lipinski definition) is 3. The zero-order chi connectivity index (χ0) is 17.5. The van der Waals surface area contributed by atoms with Crippen LogP contribution in [0.1, 0.15) is 17.4 Å². The second kappa shape index (κ2) is 8.78. The van der Waals surface area contributed by atoms with Crippen molar-refractivity contribution >= 4 is 0 Å². The highest BCUT2D eigenvalue weighted by molar-refractivity contribution is 5.20. The third-order valence-electron chi connectivity index (χ3n) is 3.49. The van der Waals surface area contributed by atoms with Gasteiger partial charge in [0.05, 0.1) is 25.5 Å². The van der Waals surface area contributed by atoms with Gasteiger partial charge < -0.3 is 15.3 Å². The topological polar surface area (TPSA) is 94.6 Å². The van der Waals surface area contributed by atoms with Gasteiger partial charge in [-0.1, -0.05) is 11.3 Å². The van der Waals surface area contributed by atoms with Crippen LogP contribution in [0.15, 0.2) is 24.4 Å². The molecule has 9 heteroatoms. The quantitative estimate of drug-likeness (QED) is 0.597. The summed E-state index contributed by atoms with van der Waals surface area (Å²) in [4.78, 5) is 1.80. The first-order valence-corrected chi connectivity index (χ1v) is 7.49. The molecule has 3 N–H and O–H groups in total. The van der Waals surface area contributed by atoms with Crippen molar-refractivity contribution in [2.24, 2.45) is 0 Å². The molecule has 0 saturated carbocycles. The maximum absolute atomic E-state index is 13.7. The summed E-state index contributed by atoms with van der Waals surface area (Å²) in [6.07, 6.45) is 0.401. The molecular formula is C15H20F2N4O3. The van der Waals surface area contributed by atoms with Crippen molar-refractivity contribution in [2.75, 3.05) is 26.3 Å². The van der Waals surface area contributed by atoms with E-state index in [0.29, 0.717) is 31.4 Å². The minimum absolute atomic E-state index is 0.0179. The second-order valence-corrected chi connectivity index (χ2v) is 5.34. The van der Waals surface area contributed by atoms with Gasteiger partial charge in [0.1, 0.15) is 17.7 Å². The van der Waals surface area contributed by atoms with Crippen molar-refractivity contribution in [3.8, 4) is 0 Å². The van der Waals surface area contributed by atoms with Gasteiger partial charge in [-0.15, -0.1) is 5.10 Å². The Morgan fingerprint density at radius 1 is 1.17 bits per heavy atom. The third-order valence-corrected chi connectivity index (χ3v) is 3.49. The summed E-state index contributed by atoms with van der Waals surface area (Å²) in [6.45, 7) is 1.03. The molecule has 0 radical (unpaired) electrons. The molecular weight excluding hydrogens is 322 g/mol. The molecule has 0 amide bonds. The van der Waals surface area contributed by atoms with Gasteiger partial charge in [-0.05, 0) is 6.07 Å². The second-order valence-electron chi connectivity index (χ2n) is 5.34. The van der Waals surface area contributed by atoms with E-state index >= 15 is 0 Å². The molecule has 2 rings (SSSR count). The number of aromatic nitrogens is 3. The predicted octanol–water partition coefficient (Wildman–Crippen LogP) is 0.0765. The molecule has 132 valence electrons. The monoisotopic (exact) mass is 342 g/mol. The van der Waals surface area contributed by atoms with Crippen molar-refractivity contribution in [2.45, 2.75) is 19.2 Å². The first-order valence-electron chi connectivity index (χ1n) is 7.49. The van der Waals surface area contributed by atoms with Crippen LogP contribution in [0.4, 0.5) is 8.78 Å². The van der Waals surface area contributed by atoms with E-state index in [-0.39, 0.29) is 25.3 Å². The summed E-state index contributed by atoms with van der Waals surface area (Å²) >= 11 is 0. The molecule has 0 fully saturated rings. The minimum atomic E-state index is -1.19. The molecule has 7 nitrogen and oxygen atoms in total. The van der Waals surface area contributed by atoms with Crippen LogP contribution in [0.2, 0.25) is 0 Å². The molecule has 1 unspecified atom stereocenters. The SMILES string of the molecule is OCCN(CCO)Cc1cn(CC(O)c2ccc(F)cc2F)nn1. The molecule has 1 aromatic heterocycles. The molecule has 0 spiro atoms. The standard InChI is InChI=1S/C15H20F2N4O3/c16-11-1-2-13(14(17)7-11)15(24)10-21-9-12(18-19-21)8-20(3-5-22)4-6-23/h1-2,7,9,15,22-24H,3-6,8,10H2. The Morgan fingerprint density at radius 2 is 1.88 bits per heavy atom. The number of aliphatic hydroxyl groups excluding tert-OH is 3. The van der Waals surface area contributed by atoms with Crippen LogP contribution in [-0.2, 0) is 13.1 Å². The minimum Gasteiger partial charge on any atom is -0.395 e. The summed E-state index contributed by atoms with van der Waals surface area (Å²) in [5.74, 6) is -1.53. The van der Waals surface area contributed by atoms with Gasteiger partial charge in [-0.3, -0.25) is 4.90 Å². The molecule has 1 aromatic carbocycles. The van der Waals surface area contributed by atoms with Gasteiger partial charge in [0.25, 0.3) is 0 Å². The van der Waals surface area contributed by atoms with Gasteiger partial charge in [-0.25, -0.2) is 13.5 Å². The van der Waals surface area contributed by atoms with Crippen molar-refractivity contribution in [3.05, 3.63) is 47.3 Å². The van der Waals surface area contributed by atoms with E-state index in [1.54, 1.807) is 11.1 Å². The lowest BCUT2D eigenvalue weighted by Crippen LogP contribution is -2.29. The lowest BCUT2D eigenvalue weighted by atomic mass is 10.1. The summed E-state index contributed by atoms with van der Waals surface area (Å²) in [7, 11) is 0. The third kappa shape index (κ3) is 5.03. The fourth-order valence-corrected chi connectivity index (χ4v) is 2.33. The van der Waals surface area contributed by atoms with Crippen LogP contribution in [0.5, 0.6) is 0 Å². The van der Waals surface area contributed by atoms with E-state index in [1.807, 2.05) is 0 Å². The van der Waals surface area contributed by atoms with Crippen molar-refractivity contribution < 1.29 is 24.1 Å². The Labute approximate surface area is 137 Å². The van der Waals surface area contributed by atoms with Crippen LogP contribution >= 0.6 is 0 Å². The molecule has 24 heavy (non-hydrogen) atoms. The van der Waals surface area contributed by atoms with Gasteiger partial charge in [0.15, 0.2) is 0 Å². The molecule has 1 atom stereocenters. The van der Waals surface area contributed by atoms with Crippen molar-refractivity contribution in [3.63, 3.8) is 0 Å². The molecule has 0 saturated heterocycles. The molecule has 2 aromatic rings. The van der Waals surface area contributed by atoms with Gasteiger partial charge in [0, 0.05) is 37.5 Å². The lowest BCUT2D eigenvalue weighted by Gasteiger charge is -2.18. The molecule has 0 aliphatic carbocycles. The highest BCUT2D eigenvalue weighted by Crippen LogP contribution is 2.19. The molecule has 0 aliphatic heterocycles. The predicted molar refractivity (Wildman–Crippen MR) is 80.8 cm³/mol. The van der Waals surface area contributed by atoms with Gasteiger partial charge in [-0.2, -0.15) is 0 Å². The number of rotatable bonds is 9. The summed E-state index contributed by atoms with van der Waals surface area (Å²) in [5.41, 5.74) is 0.569. The number of halogens is 2. The average molecular weight is 342 g/mol. The highest BCUT2D eigenvalue weighted by Gasteiger charge is 2.16. The first-order chi connectivity index (χ1) is 11.5. The Balaban J connectivity index is 1.99. The zero-order valence-corrected chi connectivity index (χ0v) is 13.0. The summed E-state index contributed by atoms with van der Waals surface area (Å²) in [5, 5.41) is 35.8. The number of aliphatic hydroxyl groups is 3. The van der Waals surface area contributed by atoms with Crippen LogP contribution in [0.25, 0.3) is 0 Å². The Bertz CT molecular complexity index is 647. The number of hydrogen-bond acceptors (Lipinski definition) is 6. The van der Waals surface area contributed by atoms with E-state index in [4.69, 9.17) is 10.2 Å². The Kier molecular flexibility index (Phi) is 6.73. The lowest BCUT2D eigenvalue weighted by molar-refractivity contribution is 0.146. The summed E-state index contributed by atoms with van der Waals surface area (Å²) < 4.78 is 27.9. The number of nitrogens with zero attached hydrogens (tertiary/aromatic N) is 4. The van der Waals surface area contributed by atoms with Crippen LogP contribution in [0.3, 0.4) is 0 Å². The maximum Gasteiger partial charge on any atom is 0.131 e. The van der Waals surface area contributed by atoms with Crippen molar-refractivity contribution in [1.29, 1.82) is 0 Å². The maximum atomic E-state index is 13.7. The van der Waals surface area contributed by atoms with E-state index in [1.165, 1.54) is 10.7 Å². The van der Waals surface area contributed by atoms with Crippen LogP contribution < -0.4 is 0 Å². The van der Waals surface area contributed by atoms with Crippen LogP contribution in [-0.4, -0.2) is 61.5 Å². The molecule has 0 bridgehead atoms. The van der Waals surface area contributed by atoms with Gasteiger partial charge >= 0.3 is 0 Å². The zero-order valence-electron chi connectivity index (χ0n) is 13.0. The normalized spacial score (nSPS) is 12.8. The molecule has 1 heterocycles. The van der Waals surface area contributed by atoms with E-state index < -0.39 is 17.7 Å². The van der Waals surface area contributed by atoms with E-state index in [0.717, 1.165) is 6.07 Å². The smallest absolute Gasteiger partial charge is 0.131 e. The van der Waals surface area contributed by atoms with Crippen LogP contribution in [0, 0.1) is 11.6 Å². The summed E-state index contributed by atoms with van der Waals surface area (Å²) in [6, 6.07) is 2.99. The Morgan fingerprint density at radius 3 is 2.50 bits per heavy atom. The fraction of sp³-hybridized carbons (Fsp3) is 0.467. The largest absolute Gasteiger partial charge is 0.395 e. The molecule has 0 aliphatic rings.